The maximum Gasteiger partial charge on any atom is 0.195 e. The van der Waals surface area contributed by atoms with Crippen LogP contribution in [0.25, 0.3) is 6.08 Å². The van der Waals surface area contributed by atoms with Crippen molar-refractivity contribution in [3.63, 3.8) is 0 Å². The van der Waals surface area contributed by atoms with Gasteiger partial charge in [0.2, 0.25) is 0 Å². The lowest BCUT2D eigenvalue weighted by molar-refractivity contribution is 0.105. The molecule has 3 rings (SSSR count). The van der Waals surface area contributed by atoms with Crippen molar-refractivity contribution in [1.29, 1.82) is 0 Å². The predicted octanol–water partition coefficient (Wildman–Crippen LogP) is 5.24. The van der Waals surface area contributed by atoms with Gasteiger partial charge in [-0.3, -0.25) is 4.79 Å². The Kier molecular flexibility index (Phi) is 5.24. The first-order chi connectivity index (χ1) is 11.7. The van der Waals surface area contributed by atoms with Crippen molar-refractivity contribution < 1.29 is 9.53 Å². The molecule has 0 spiro atoms. The van der Waals surface area contributed by atoms with Gasteiger partial charge in [0.1, 0.15) is 5.75 Å². The molecule has 1 aromatic heterocycles. The summed E-state index contributed by atoms with van der Waals surface area (Å²) in [5.41, 5.74) is 2.20. The second-order valence-corrected chi connectivity index (χ2v) is 6.57. The van der Waals surface area contributed by atoms with Crippen LogP contribution in [-0.4, -0.2) is 12.9 Å². The average Bonchev–Trinajstić information content (AvgIpc) is 3.09. The van der Waals surface area contributed by atoms with Gasteiger partial charge in [-0.05, 0) is 41.5 Å². The molecule has 0 bridgehead atoms. The minimum Gasteiger partial charge on any atom is -0.497 e. The minimum atomic E-state index is 0.0298. The molecular formula is C21H18O2S. The van der Waals surface area contributed by atoms with E-state index in [4.69, 9.17) is 4.74 Å². The van der Waals surface area contributed by atoms with Crippen molar-refractivity contribution in [3.8, 4) is 5.75 Å². The second-order valence-electron chi connectivity index (χ2n) is 5.40. The Bertz CT molecular complexity index is 847. The molecule has 0 aliphatic rings. The summed E-state index contributed by atoms with van der Waals surface area (Å²) in [4.78, 5) is 14.3. The van der Waals surface area contributed by atoms with Crippen molar-refractivity contribution in [2.45, 2.75) is 6.42 Å². The number of thiophene rings is 1. The van der Waals surface area contributed by atoms with Crippen molar-refractivity contribution in [2.75, 3.05) is 7.11 Å². The number of hydrogen-bond acceptors (Lipinski definition) is 3. The number of carbonyl (C=O) groups is 1. The summed E-state index contributed by atoms with van der Waals surface area (Å²) in [6, 6.07) is 21.9. The SMILES string of the molecule is COc1cccc(/C=C/C(=O)c2ccc(Cc3ccccc3)s2)c1. The van der Waals surface area contributed by atoms with E-state index in [0.717, 1.165) is 22.6 Å². The largest absolute Gasteiger partial charge is 0.497 e. The number of hydrogen-bond donors (Lipinski definition) is 0. The van der Waals surface area contributed by atoms with Gasteiger partial charge in [0.25, 0.3) is 0 Å². The maximum atomic E-state index is 12.3. The normalized spacial score (nSPS) is 10.9. The highest BCUT2D eigenvalue weighted by Gasteiger charge is 2.07. The monoisotopic (exact) mass is 334 g/mol. The first-order valence-electron chi connectivity index (χ1n) is 7.74. The first kappa shape index (κ1) is 16.2. The molecule has 120 valence electrons. The van der Waals surface area contributed by atoms with Gasteiger partial charge in [-0.25, -0.2) is 0 Å². The van der Waals surface area contributed by atoms with Gasteiger partial charge in [0, 0.05) is 11.3 Å². The second kappa shape index (κ2) is 7.75. The average molecular weight is 334 g/mol. The fraction of sp³-hybridized carbons (Fsp3) is 0.0952. The van der Waals surface area contributed by atoms with E-state index in [9.17, 15) is 4.79 Å². The summed E-state index contributed by atoms with van der Waals surface area (Å²) in [7, 11) is 1.63. The van der Waals surface area contributed by atoms with Crippen LogP contribution in [0, 0.1) is 0 Å². The molecule has 2 aromatic carbocycles. The number of rotatable bonds is 6. The van der Waals surface area contributed by atoms with Crippen LogP contribution >= 0.6 is 11.3 Å². The minimum absolute atomic E-state index is 0.0298. The van der Waals surface area contributed by atoms with E-state index in [2.05, 4.69) is 12.1 Å². The zero-order valence-electron chi connectivity index (χ0n) is 13.4. The third-order valence-corrected chi connectivity index (χ3v) is 4.75. The Morgan fingerprint density at radius 2 is 1.88 bits per heavy atom. The number of methoxy groups -OCH3 is 1. The van der Waals surface area contributed by atoms with E-state index in [1.54, 1.807) is 24.5 Å². The van der Waals surface area contributed by atoms with Crippen LogP contribution in [-0.2, 0) is 6.42 Å². The quantitative estimate of drug-likeness (QED) is 0.455. The van der Waals surface area contributed by atoms with Gasteiger partial charge >= 0.3 is 0 Å². The summed E-state index contributed by atoms with van der Waals surface area (Å²) < 4.78 is 5.19. The molecule has 0 amide bonds. The summed E-state index contributed by atoms with van der Waals surface area (Å²) in [5, 5.41) is 0. The van der Waals surface area contributed by atoms with Crippen molar-refractivity contribution in [1.82, 2.24) is 0 Å². The van der Waals surface area contributed by atoms with E-state index in [-0.39, 0.29) is 5.78 Å². The van der Waals surface area contributed by atoms with E-state index >= 15 is 0 Å². The third-order valence-electron chi connectivity index (χ3n) is 3.65. The molecule has 2 nitrogen and oxygen atoms in total. The predicted molar refractivity (Wildman–Crippen MR) is 99.9 cm³/mol. The van der Waals surface area contributed by atoms with Crippen LogP contribution < -0.4 is 4.74 Å². The zero-order chi connectivity index (χ0) is 16.8. The molecule has 3 aromatic rings. The summed E-state index contributed by atoms with van der Waals surface area (Å²) >= 11 is 1.55. The van der Waals surface area contributed by atoms with E-state index in [1.807, 2.05) is 60.7 Å². The number of ether oxygens (including phenoxy) is 1. The molecule has 24 heavy (non-hydrogen) atoms. The van der Waals surface area contributed by atoms with Crippen molar-refractivity contribution >= 4 is 23.2 Å². The van der Waals surface area contributed by atoms with Crippen LogP contribution in [0.4, 0.5) is 0 Å². The first-order valence-corrected chi connectivity index (χ1v) is 8.55. The van der Waals surface area contributed by atoms with Crippen LogP contribution in [0.3, 0.4) is 0 Å². The highest BCUT2D eigenvalue weighted by atomic mass is 32.1. The Morgan fingerprint density at radius 1 is 1.04 bits per heavy atom. The molecule has 0 unspecified atom stereocenters. The molecule has 0 aliphatic heterocycles. The van der Waals surface area contributed by atoms with Crippen LogP contribution in [0.5, 0.6) is 5.75 Å². The Morgan fingerprint density at radius 3 is 2.67 bits per heavy atom. The lowest BCUT2D eigenvalue weighted by Gasteiger charge is -1.99. The third kappa shape index (κ3) is 4.21. The summed E-state index contributed by atoms with van der Waals surface area (Å²) in [6.07, 6.45) is 4.30. The topological polar surface area (TPSA) is 26.3 Å². The molecule has 1 heterocycles. The Balaban J connectivity index is 1.68. The number of benzene rings is 2. The molecule has 3 heteroatoms. The van der Waals surface area contributed by atoms with Crippen LogP contribution in [0.1, 0.15) is 25.7 Å². The fourth-order valence-electron chi connectivity index (χ4n) is 2.40. The van der Waals surface area contributed by atoms with Crippen molar-refractivity contribution in [2.24, 2.45) is 0 Å². The van der Waals surface area contributed by atoms with Gasteiger partial charge in [-0.2, -0.15) is 0 Å². The van der Waals surface area contributed by atoms with Crippen LogP contribution in [0.15, 0.2) is 72.8 Å². The molecule has 0 saturated carbocycles. The van der Waals surface area contributed by atoms with E-state index in [0.29, 0.717) is 0 Å². The molecule has 0 radical (unpaired) electrons. The molecular weight excluding hydrogens is 316 g/mol. The maximum absolute atomic E-state index is 12.3. The molecule has 0 aliphatic carbocycles. The van der Waals surface area contributed by atoms with E-state index < -0.39 is 0 Å². The zero-order valence-corrected chi connectivity index (χ0v) is 14.3. The highest BCUT2D eigenvalue weighted by molar-refractivity contribution is 7.14. The van der Waals surface area contributed by atoms with Gasteiger partial charge in [0.05, 0.1) is 12.0 Å². The smallest absolute Gasteiger partial charge is 0.195 e. The fourth-order valence-corrected chi connectivity index (χ4v) is 3.36. The molecule has 0 N–H and O–H groups in total. The van der Waals surface area contributed by atoms with Gasteiger partial charge in [-0.1, -0.05) is 48.5 Å². The number of allylic oxidation sites excluding steroid dienone is 1. The van der Waals surface area contributed by atoms with Crippen LogP contribution in [0.2, 0.25) is 0 Å². The molecule has 0 saturated heterocycles. The Labute approximate surface area is 146 Å². The standard InChI is InChI=1S/C21H18O2S/c1-23-18-9-5-8-17(14-18)10-12-20(22)21-13-11-19(24-21)15-16-6-3-2-4-7-16/h2-14H,15H2,1H3/b12-10+. The lowest BCUT2D eigenvalue weighted by Crippen LogP contribution is -1.89. The molecule has 0 atom stereocenters. The molecule has 0 fully saturated rings. The summed E-state index contributed by atoms with van der Waals surface area (Å²) in [5.74, 6) is 0.813. The van der Waals surface area contributed by atoms with Crippen molar-refractivity contribution in [3.05, 3.63) is 93.7 Å². The number of carbonyl (C=O) groups excluding carboxylic acids is 1. The summed E-state index contributed by atoms with van der Waals surface area (Å²) in [6.45, 7) is 0. The van der Waals surface area contributed by atoms with E-state index in [1.165, 1.54) is 10.4 Å². The lowest BCUT2D eigenvalue weighted by atomic mass is 10.1. The van der Waals surface area contributed by atoms with Gasteiger partial charge in [0.15, 0.2) is 5.78 Å². The Hall–Kier alpha value is -2.65. The van der Waals surface area contributed by atoms with Gasteiger partial charge < -0.3 is 4.74 Å². The number of ketones is 1. The van der Waals surface area contributed by atoms with Gasteiger partial charge in [-0.15, -0.1) is 11.3 Å². The highest BCUT2D eigenvalue weighted by Crippen LogP contribution is 2.21.